The molecule has 0 saturated heterocycles. The maximum Gasteiger partial charge on any atom is 0.264 e. The Balaban J connectivity index is 1.76. The number of rotatable bonds is 5. The predicted molar refractivity (Wildman–Crippen MR) is 97.8 cm³/mol. The minimum Gasteiger partial charge on any atom is -0.246 e. The first-order valence-corrected chi connectivity index (χ1v) is 9.57. The number of hydrogen-bond donors (Lipinski definition) is 1. The van der Waals surface area contributed by atoms with Crippen LogP contribution < -0.4 is 4.72 Å². The number of nitrogens with one attached hydrogen (secondary N) is 1. The lowest BCUT2D eigenvalue weighted by Crippen LogP contribution is -2.14. The summed E-state index contributed by atoms with van der Waals surface area (Å²) in [6.07, 6.45) is 1.41. The summed E-state index contributed by atoms with van der Waals surface area (Å²) in [5.41, 5.74) is 0.781. The zero-order valence-electron chi connectivity index (χ0n) is 12.5. The standard InChI is InChI=1S/C15H11Cl3N4O2S/c16-11-3-5-13(6-4-11)25(23,24)21-15-19-9-22(20-15)8-10-1-2-12(17)7-14(10)18/h1-7,9H,8H2,(H,20,21). The number of halogens is 3. The normalized spacial score (nSPS) is 11.5. The van der Waals surface area contributed by atoms with Crippen molar-refractivity contribution in [3.8, 4) is 0 Å². The van der Waals surface area contributed by atoms with Gasteiger partial charge in [-0.1, -0.05) is 40.9 Å². The van der Waals surface area contributed by atoms with E-state index in [0.717, 1.165) is 5.56 Å². The van der Waals surface area contributed by atoms with Crippen molar-refractivity contribution < 1.29 is 8.42 Å². The average Bonchev–Trinajstić information content (AvgIpc) is 2.97. The Labute approximate surface area is 159 Å². The highest BCUT2D eigenvalue weighted by Crippen LogP contribution is 2.22. The minimum absolute atomic E-state index is 0.0416. The van der Waals surface area contributed by atoms with Gasteiger partial charge < -0.3 is 0 Å². The second-order valence-electron chi connectivity index (χ2n) is 5.06. The number of nitrogens with zero attached hydrogens (tertiary/aromatic N) is 3. The monoisotopic (exact) mass is 416 g/mol. The molecule has 0 fully saturated rings. The molecule has 10 heteroatoms. The van der Waals surface area contributed by atoms with E-state index >= 15 is 0 Å². The Kier molecular flexibility index (Phi) is 5.19. The number of hydrogen-bond acceptors (Lipinski definition) is 4. The van der Waals surface area contributed by atoms with Crippen LogP contribution in [0.3, 0.4) is 0 Å². The van der Waals surface area contributed by atoms with Crippen LogP contribution in [0.4, 0.5) is 5.95 Å². The second kappa shape index (κ2) is 7.21. The van der Waals surface area contributed by atoms with E-state index in [-0.39, 0.29) is 10.8 Å². The van der Waals surface area contributed by atoms with E-state index < -0.39 is 10.0 Å². The van der Waals surface area contributed by atoms with Crippen LogP contribution in [0, 0.1) is 0 Å². The highest BCUT2D eigenvalue weighted by molar-refractivity contribution is 7.92. The van der Waals surface area contributed by atoms with Crippen molar-refractivity contribution in [2.75, 3.05) is 4.72 Å². The molecule has 1 aromatic heterocycles. The summed E-state index contributed by atoms with van der Waals surface area (Å²) in [6, 6.07) is 10.9. The summed E-state index contributed by atoms with van der Waals surface area (Å²) in [5, 5.41) is 5.56. The van der Waals surface area contributed by atoms with E-state index in [4.69, 9.17) is 34.8 Å². The molecule has 0 aliphatic carbocycles. The summed E-state index contributed by atoms with van der Waals surface area (Å²) in [7, 11) is -3.79. The van der Waals surface area contributed by atoms with Crippen LogP contribution in [0.1, 0.15) is 5.56 Å². The van der Waals surface area contributed by atoms with Gasteiger partial charge in [0.25, 0.3) is 16.0 Å². The van der Waals surface area contributed by atoms with E-state index in [0.29, 0.717) is 21.6 Å². The third-order valence-electron chi connectivity index (χ3n) is 3.23. The molecule has 0 bridgehead atoms. The molecule has 0 aliphatic heterocycles. The summed E-state index contributed by atoms with van der Waals surface area (Å²) >= 11 is 17.7. The summed E-state index contributed by atoms with van der Waals surface area (Å²) in [4.78, 5) is 4.02. The Bertz CT molecular complexity index is 1000. The molecule has 0 atom stereocenters. The van der Waals surface area contributed by atoms with Crippen LogP contribution >= 0.6 is 34.8 Å². The molecule has 0 amide bonds. The summed E-state index contributed by atoms with van der Waals surface area (Å²) < 4.78 is 28.4. The van der Waals surface area contributed by atoms with Crippen molar-refractivity contribution in [3.05, 3.63) is 69.4 Å². The topological polar surface area (TPSA) is 76.9 Å². The summed E-state index contributed by atoms with van der Waals surface area (Å²) in [5.74, 6) is -0.0416. The van der Waals surface area contributed by atoms with Gasteiger partial charge in [0, 0.05) is 15.1 Å². The van der Waals surface area contributed by atoms with Gasteiger partial charge in [-0.2, -0.15) is 4.98 Å². The Morgan fingerprint density at radius 1 is 1.00 bits per heavy atom. The molecule has 0 aliphatic rings. The van der Waals surface area contributed by atoms with Crippen molar-refractivity contribution in [1.29, 1.82) is 0 Å². The molecule has 0 spiro atoms. The lowest BCUT2D eigenvalue weighted by molar-refractivity contribution is 0.600. The third-order valence-corrected chi connectivity index (χ3v) is 5.42. The highest BCUT2D eigenvalue weighted by atomic mass is 35.5. The zero-order valence-corrected chi connectivity index (χ0v) is 15.6. The minimum atomic E-state index is -3.79. The molecule has 2 aromatic carbocycles. The van der Waals surface area contributed by atoms with Gasteiger partial charge in [0.2, 0.25) is 0 Å². The van der Waals surface area contributed by atoms with E-state index in [9.17, 15) is 8.42 Å². The van der Waals surface area contributed by atoms with E-state index in [1.807, 2.05) is 0 Å². The van der Waals surface area contributed by atoms with Gasteiger partial charge in [-0.05, 0) is 42.0 Å². The molecular formula is C15H11Cl3N4O2S. The largest absolute Gasteiger partial charge is 0.264 e. The van der Waals surface area contributed by atoms with E-state index in [1.165, 1.54) is 35.3 Å². The smallest absolute Gasteiger partial charge is 0.246 e. The fraction of sp³-hybridized carbons (Fsp3) is 0.0667. The molecule has 3 rings (SSSR count). The second-order valence-corrected chi connectivity index (χ2v) is 8.02. The molecule has 130 valence electrons. The fourth-order valence-corrected chi connectivity index (χ4v) is 3.58. The third kappa shape index (κ3) is 4.43. The van der Waals surface area contributed by atoms with Gasteiger partial charge in [-0.25, -0.2) is 17.8 Å². The highest BCUT2D eigenvalue weighted by Gasteiger charge is 2.16. The van der Waals surface area contributed by atoms with E-state index in [2.05, 4.69) is 14.8 Å². The lowest BCUT2D eigenvalue weighted by Gasteiger charge is -2.05. The van der Waals surface area contributed by atoms with Crippen LogP contribution in [0.2, 0.25) is 15.1 Å². The average molecular weight is 418 g/mol. The van der Waals surface area contributed by atoms with E-state index in [1.54, 1.807) is 18.2 Å². The zero-order chi connectivity index (χ0) is 18.0. The molecule has 1 N–H and O–H groups in total. The fourth-order valence-electron chi connectivity index (χ4n) is 2.03. The molecule has 6 nitrogen and oxygen atoms in total. The number of anilines is 1. The SMILES string of the molecule is O=S(=O)(Nc1ncn(Cc2ccc(Cl)cc2Cl)n1)c1ccc(Cl)cc1. The Hall–Kier alpha value is -1.80. The quantitative estimate of drug-likeness (QED) is 0.678. The summed E-state index contributed by atoms with van der Waals surface area (Å²) in [6.45, 7) is 0.325. The van der Waals surface area contributed by atoms with Gasteiger partial charge in [0.05, 0.1) is 11.4 Å². The first-order chi connectivity index (χ1) is 11.8. The van der Waals surface area contributed by atoms with Crippen LogP contribution in [0.5, 0.6) is 0 Å². The predicted octanol–water partition coefficient (Wildman–Crippen LogP) is 4.09. The Morgan fingerprint density at radius 2 is 1.68 bits per heavy atom. The maximum absolute atomic E-state index is 12.3. The first-order valence-electron chi connectivity index (χ1n) is 6.95. The van der Waals surface area contributed by atoms with Crippen LogP contribution in [-0.2, 0) is 16.6 Å². The van der Waals surface area contributed by atoms with Gasteiger partial charge in [-0.3, -0.25) is 0 Å². The van der Waals surface area contributed by atoms with Crippen molar-refractivity contribution in [2.24, 2.45) is 0 Å². The molecule has 0 saturated carbocycles. The van der Waals surface area contributed by atoms with Crippen LogP contribution in [0.25, 0.3) is 0 Å². The van der Waals surface area contributed by atoms with Crippen LogP contribution in [0.15, 0.2) is 53.7 Å². The molecular weight excluding hydrogens is 407 g/mol. The molecule has 3 aromatic rings. The van der Waals surface area contributed by atoms with Crippen molar-refractivity contribution in [2.45, 2.75) is 11.4 Å². The molecule has 0 radical (unpaired) electrons. The lowest BCUT2D eigenvalue weighted by atomic mass is 10.2. The number of benzene rings is 2. The van der Waals surface area contributed by atoms with Crippen molar-refractivity contribution >= 4 is 50.8 Å². The molecule has 0 unspecified atom stereocenters. The molecule has 1 heterocycles. The van der Waals surface area contributed by atoms with Gasteiger partial charge >= 0.3 is 0 Å². The molecule has 25 heavy (non-hydrogen) atoms. The maximum atomic E-state index is 12.3. The van der Waals surface area contributed by atoms with Crippen molar-refractivity contribution in [1.82, 2.24) is 14.8 Å². The van der Waals surface area contributed by atoms with Crippen LogP contribution in [-0.4, -0.2) is 23.2 Å². The van der Waals surface area contributed by atoms with Gasteiger partial charge in [0.15, 0.2) is 0 Å². The first kappa shape index (κ1) is 18.0. The number of aromatic nitrogens is 3. The number of sulfonamides is 1. The van der Waals surface area contributed by atoms with Gasteiger partial charge in [-0.15, -0.1) is 5.10 Å². The van der Waals surface area contributed by atoms with Crippen molar-refractivity contribution in [3.63, 3.8) is 0 Å². The van der Waals surface area contributed by atoms with Gasteiger partial charge in [0.1, 0.15) is 6.33 Å². The Morgan fingerprint density at radius 3 is 2.36 bits per heavy atom.